The highest BCUT2D eigenvalue weighted by atomic mass is 16.1. The number of carbonyl (C=O) groups excluding carboxylic acids is 1. The number of rotatable bonds is 5. The number of hydrogen-bond donors (Lipinski definition) is 1. The summed E-state index contributed by atoms with van der Waals surface area (Å²) in [6, 6.07) is 11.8. The van der Waals surface area contributed by atoms with Crippen LogP contribution in [0.5, 0.6) is 0 Å². The molecule has 25 heavy (non-hydrogen) atoms. The van der Waals surface area contributed by atoms with Crippen molar-refractivity contribution >= 4 is 17.3 Å². The van der Waals surface area contributed by atoms with Gasteiger partial charge in [-0.2, -0.15) is 0 Å². The van der Waals surface area contributed by atoms with Crippen molar-refractivity contribution in [3.8, 4) is 0 Å². The molecule has 0 aliphatic carbocycles. The minimum Gasteiger partial charge on any atom is -0.378 e. The number of nitrogens with zero attached hydrogens (tertiary/aromatic N) is 3. The van der Waals surface area contributed by atoms with Gasteiger partial charge in [-0.05, 0) is 49.1 Å². The second-order valence-electron chi connectivity index (χ2n) is 6.79. The van der Waals surface area contributed by atoms with Gasteiger partial charge in [0, 0.05) is 63.1 Å². The van der Waals surface area contributed by atoms with Crippen molar-refractivity contribution in [3.63, 3.8) is 0 Å². The summed E-state index contributed by atoms with van der Waals surface area (Å²) in [5, 5.41) is 3.10. The number of amides is 1. The molecule has 1 aliphatic rings. The number of pyridine rings is 1. The Morgan fingerprint density at radius 2 is 1.92 bits per heavy atom. The van der Waals surface area contributed by atoms with Crippen LogP contribution in [0.15, 0.2) is 48.8 Å². The molecule has 0 bridgehead atoms. The molecule has 0 radical (unpaired) electrons. The maximum atomic E-state index is 12.4. The van der Waals surface area contributed by atoms with Crippen LogP contribution in [-0.4, -0.2) is 44.6 Å². The van der Waals surface area contributed by atoms with E-state index in [1.165, 1.54) is 5.69 Å². The lowest BCUT2D eigenvalue weighted by atomic mass is 9.96. The first-order valence-corrected chi connectivity index (χ1v) is 8.84. The maximum absolute atomic E-state index is 12.4. The Balaban J connectivity index is 1.48. The van der Waals surface area contributed by atoms with E-state index in [0.717, 1.165) is 43.7 Å². The molecular weight excluding hydrogens is 312 g/mol. The zero-order valence-corrected chi connectivity index (χ0v) is 15.0. The average Bonchev–Trinajstić information content (AvgIpc) is 2.67. The molecule has 0 saturated carbocycles. The number of nitrogens with one attached hydrogen (secondary N) is 1. The van der Waals surface area contributed by atoms with Crippen LogP contribution >= 0.6 is 0 Å². The smallest absolute Gasteiger partial charge is 0.251 e. The summed E-state index contributed by atoms with van der Waals surface area (Å²) < 4.78 is 0. The van der Waals surface area contributed by atoms with E-state index in [1.807, 2.05) is 55.7 Å². The Labute approximate surface area is 149 Å². The largest absolute Gasteiger partial charge is 0.378 e. The Morgan fingerprint density at radius 3 is 2.60 bits per heavy atom. The average molecular weight is 338 g/mol. The summed E-state index contributed by atoms with van der Waals surface area (Å²) in [4.78, 5) is 20.9. The minimum absolute atomic E-state index is 0.0141. The van der Waals surface area contributed by atoms with E-state index in [4.69, 9.17) is 0 Å². The Kier molecular flexibility index (Phi) is 5.53. The summed E-state index contributed by atoms with van der Waals surface area (Å²) in [5.41, 5.74) is 3.00. The first-order valence-electron chi connectivity index (χ1n) is 8.84. The number of aromatic nitrogens is 1. The highest BCUT2D eigenvalue weighted by Crippen LogP contribution is 2.22. The fourth-order valence-corrected chi connectivity index (χ4v) is 3.21. The number of hydrogen-bond acceptors (Lipinski definition) is 4. The zero-order chi connectivity index (χ0) is 17.6. The molecule has 132 valence electrons. The van der Waals surface area contributed by atoms with Crippen molar-refractivity contribution in [1.29, 1.82) is 0 Å². The monoisotopic (exact) mass is 338 g/mol. The second kappa shape index (κ2) is 8.01. The van der Waals surface area contributed by atoms with Crippen LogP contribution in [0.4, 0.5) is 11.4 Å². The Morgan fingerprint density at radius 1 is 1.20 bits per heavy atom. The Hall–Kier alpha value is -2.56. The van der Waals surface area contributed by atoms with Crippen LogP contribution < -0.4 is 15.1 Å². The van der Waals surface area contributed by atoms with E-state index in [1.54, 1.807) is 0 Å². The maximum Gasteiger partial charge on any atom is 0.251 e. The molecular formula is C20H26N4O. The van der Waals surface area contributed by atoms with Gasteiger partial charge < -0.3 is 15.1 Å². The quantitative estimate of drug-likeness (QED) is 0.911. The van der Waals surface area contributed by atoms with Gasteiger partial charge in [-0.25, -0.2) is 0 Å². The molecule has 1 aromatic heterocycles. The molecule has 0 atom stereocenters. The minimum atomic E-state index is 0.0141. The highest BCUT2D eigenvalue weighted by Gasteiger charge is 2.20. The van der Waals surface area contributed by atoms with Crippen LogP contribution in [0.3, 0.4) is 0 Å². The molecule has 1 saturated heterocycles. The normalized spacial score (nSPS) is 15.0. The number of anilines is 2. The van der Waals surface area contributed by atoms with Crippen molar-refractivity contribution in [1.82, 2.24) is 10.3 Å². The van der Waals surface area contributed by atoms with Crippen LogP contribution in [0.2, 0.25) is 0 Å². The zero-order valence-electron chi connectivity index (χ0n) is 15.0. The van der Waals surface area contributed by atoms with Crippen molar-refractivity contribution in [2.45, 2.75) is 12.8 Å². The van der Waals surface area contributed by atoms with E-state index in [0.29, 0.717) is 5.92 Å². The fourth-order valence-electron chi connectivity index (χ4n) is 3.21. The molecule has 1 aliphatic heterocycles. The van der Waals surface area contributed by atoms with Crippen molar-refractivity contribution < 1.29 is 4.79 Å². The molecule has 3 rings (SSSR count). The number of carbonyl (C=O) groups is 1. The molecule has 1 aromatic carbocycles. The molecule has 1 N–H and O–H groups in total. The number of benzene rings is 1. The summed E-state index contributed by atoms with van der Waals surface area (Å²) in [6.07, 6.45) is 5.87. The van der Waals surface area contributed by atoms with Gasteiger partial charge in [-0.3, -0.25) is 9.78 Å². The highest BCUT2D eigenvalue weighted by molar-refractivity contribution is 5.95. The van der Waals surface area contributed by atoms with Crippen molar-refractivity contribution in [2.24, 2.45) is 5.92 Å². The molecule has 0 spiro atoms. The summed E-state index contributed by atoms with van der Waals surface area (Å²) in [7, 11) is 3.96. The molecule has 5 heteroatoms. The van der Waals surface area contributed by atoms with Crippen LogP contribution in [0.25, 0.3) is 0 Å². The number of piperidine rings is 1. The molecule has 2 aromatic rings. The second-order valence-corrected chi connectivity index (χ2v) is 6.79. The first kappa shape index (κ1) is 17.3. The van der Waals surface area contributed by atoms with Gasteiger partial charge in [0.25, 0.3) is 5.91 Å². The summed E-state index contributed by atoms with van der Waals surface area (Å²) in [5.74, 6) is 0.555. The molecule has 1 amide bonds. The van der Waals surface area contributed by atoms with E-state index in [9.17, 15) is 4.79 Å². The molecule has 1 fully saturated rings. The molecule has 0 unspecified atom stereocenters. The van der Waals surface area contributed by atoms with Crippen LogP contribution in [-0.2, 0) is 0 Å². The predicted octanol–water partition coefficient (Wildman–Crippen LogP) is 2.79. The third-order valence-corrected chi connectivity index (χ3v) is 4.82. The summed E-state index contributed by atoms with van der Waals surface area (Å²) in [6.45, 7) is 2.80. The third kappa shape index (κ3) is 4.50. The summed E-state index contributed by atoms with van der Waals surface area (Å²) >= 11 is 0. The van der Waals surface area contributed by atoms with Gasteiger partial charge in [0.05, 0.1) is 0 Å². The van der Waals surface area contributed by atoms with Gasteiger partial charge in [0.1, 0.15) is 0 Å². The van der Waals surface area contributed by atoms with E-state index in [-0.39, 0.29) is 5.91 Å². The van der Waals surface area contributed by atoms with Gasteiger partial charge in [-0.15, -0.1) is 0 Å². The van der Waals surface area contributed by atoms with Gasteiger partial charge >= 0.3 is 0 Å². The first-order chi connectivity index (χ1) is 12.1. The van der Waals surface area contributed by atoms with Crippen LogP contribution in [0, 0.1) is 5.92 Å². The predicted molar refractivity (Wildman–Crippen MR) is 102 cm³/mol. The lowest BCUT2D eigenvalue weighted by molar-refractivity contribution is 0.0945. The molecule has 2 heterocycles. The molecule has 5 nitrogen and oxygen atoms in total. The third-order valence-electron chi connectivity index (χ3n) is 4.82. The van der Waals surface area contributed by atoms with Crippen molar-refractivity contribution in [3.05, 3.63) is 54.4 Å². The van der Waals surface area contributed by atoms with Gasteiger partial charge in [0.15, 0.2) is 0 Å². The Bertz CT molecular complexity index is 694. The lowest BCUT2D eigenvalue weighted by Crippen LogP contribution is -2.38. The van der Waals surface area contributed by atoms with E-state index >= 15 is 0 Å². The van der Waals surface area contributed by atoms with Crippen molar-refractivity contribution in [2.75, 3.05) is 43.5 Å². The topological polar surface area (TPSA) is 48.5 Å². The van der Waals surface area contributed by atoms with E-state index in [2.05, 4.69) is 27.3 Å². The standard InChI is InChI=1S/C20H26N4O/c1-23(2)19-5-3-4-17(14-19)20(25)22-15-16-8-12-24(13-9-16)18-6-10-21-11-7-18/h3-7,10-11,14,16H,8-9,12-13,15H2,1-2H3,(H,22,25). The van der Waals surface area contributed by atoms with Crippen LogP contribution in [0.1, 0.15) is 23.2 Å². The van der Waals surface area contributed by atoms with Gasteiger partial charge in [-0.1, -0.05) is 6.07 Å². The van der Waals surface area contributed by atoms with E-state index < -0.39 is 0 Å². The van der Waals surface area contributed by atoms with Gasteiger partial charge in [0.2, 0.25) is 0 Å². The SMILES string of the molecule is CN(C)c1cccc(C(=O)NCC2CCN(c3ccncc3)CC2)c1. The fraction of sp³-hybridized carbons (Fsp3) is 0.400. The lowest BCUT2D eigenvalue weighted by Gasteiger charge is -2.33.